The highest BCUT2D eigenvalue weighted by Crippen LogP contribution is 2.43. The summed E-state index contributed by atoms with van der Waals surface area (Å²) >= 11 is 0. The van der Waals surface area contributed by atoms with E-state index < -0.39 is 35.9 Å². The molecule has 1 aliphatic heterocycles. The van der Waals surface area contributed by atoms with Crippen molar-refractivity contribution in [1.82, 2.24) is 4.90 Å². The molecule has 1 amide bonds. The van der Waals surface area contributed by atoms with Crippen molar-refractivity contribution in [1.29, 1.82) is 0 Å². The lowest BCUT2D eigenvalue weighted by molar-refractivity contribution is -0.174. The zero-order chi connectivity index (χ0) is 21.7. The molecule has 0 saturated carbocycles. The predicted octanol–water partition coefficient (Wildman–Crippen LogP) is 4.61. The summed E-state index contributed by atoms with van der Waals surface area (Å²) in [6.07, 6.45) is -0.254. The van der Waals surface area contributed by atoms with Gasteiger partial charge in [-0.25, -0.2) is 9.59 Å². The fourth-order valence-electron chi connectivity index (χ4n) is 3.64. The van der Waals surface area contributed by atoms with Gasteiger partial charge in [-0.3, -0.25) is 4.90 Å². The van der Waals surface area contributed by atoms with Crippen LogP contribution in [0.15, 0.2) is 60.7 Å². The Kier molecular flexibility index (Phi) is 6.55. The number of amides is 1. The topological polar surface area (TPSA) is 72.9 Å². The Morgan fingerprint density at radius 1 is 1.03 bits per heavy atom. The summed E-state index contributed by atoms with van der Waals surface area (Å²) < 4.78 is 11.5. The molecular formula is C24H27NO5. The van der Waals surface area contributed by atoms with Gasteiger partial charge in [0.25, 0.3) is 0 Å². The average Bonchev–Trinajstić information content (AvgIpc) is 2.72. The van der Waals surface area contributed by atoms with Crippen LogP contribution in [0.4, 0.5) is 4.79 Å². The second kappa shape index (κ2) is 9.11. The maximum atomic E-state index is 13.3. The molecule has 6 heteroatoms. The molecule has 0 aliphatic carbocycles. The number of benzene rings is 2. The van der Waals surface area contributed by atoms with Crippen LogP contribution in [-0.4, -0.2) is 34.9 Å². The van der Waals surface area contributed by atoms with E-state index in [0.29, 0.717) is 0 Å². The Labute approximate surface area is 176 Å². The molecule has 0 spiro atoms. The summed E-state index contributed by atoms with van der Waals surface area (Å²) in [6.45, 7) is 5.33. The lowest BCUT2D eigenvalue weighted by atomic mass is 9.90. The van der Waals surface area contributed by atoms with E-state index in [9.17, 15) is 14.4 Å². The molecule has 3 rings (SSSR count). The number of esters is 1. The van der Waals surface area contributed by atoms with E-state index in [1.807, 2.05) is 60.7 Å². The van der Waals surface area contributed by atoms with Crippen molar-refractivity contribution in [3.05, 3.63) is 71.8 Å². The van der Waals surface area contributed by atoms with Crippen LogP contribution in [0.3, 0.4) is 0 Å². The van der Waals surface area contributed by atoms with Crippen molar-refractivity contribution in [3.63, 3.8) is 0 Å². The zero-order valence-electron chi connectivity index (χ0n) is 17.5. The first kappa shape index (κ1) is 21.6. The van der Waals surface area contributed by atoms with Gasteiger partial charge < -0.3 is 14.3 Å². The molecule has 6 nitrogen and oxygen atoms in total. The SMILES string of the molecule is CC(C)(C)OC(=O)N1[C@@H](CCC=O)C(=O)O[C@H](c2ccccc2)[C@@H]1c1ccccc1. The Bertz CT molecular complexity index is 875. The van der Waals surface area contributed by atoms with Crippen molar-refractivity contribution >= 4 is 18.3 Å². The number of hydrogen-bond donors (Lipinski definition) is 0. The molecule has 0 aromatic heterocycles. The van der Waals surface area contributed by atoms with Crippen LogP contribution in [0.1, 0.15) is 56.9 Å². The molecule has 158 valence electrons. The summed E-state index contributed by atoms with van der Waals surface area (Å²) in [5, 5.41) is 0. The number of carbonyl (C=O) groups is 3. The largest absolute Gasteiger partial charge is 0.453 e. The van der Waals surface area contributed by atoms with Crippen molar-refractivity contribution in [3.8, 4) is 0 Å². The molecule has 1 fully saturated rings. The fourth-order valence-corrected chi connectivity index (χ4v) is 3.64. The Hall–Kier alpha value is -3.15. The number of carbonyl (C=O) groups excluding carboxylic acids is 3. The van der Waals surface area contributed by atoms with Crippen LogP contribution in [0, 0.1) is 0 Å². The number of nitrogens with zero attached hydrogens (tertiary/aromatic N) is 1. The molecule has 1 heterocycles. The molecule has 2 aromatic carbocycles. The molecular weight excluding hydrogens is 382 g/mol. The van der Waals surface area contributed by atoms with Crippen LogP contribution >= 0.6 is 0 Å². The summed E-state index contributed by atoms with van der Waals surface area (Å²) in [4.78, 5) is 38.7. The smallest absolute Gasteiger partial charge is 0.411 e. The van der Waals surface area contributed by atoms with Gasteiger partial charge in [0, 0.05) is 6.42 Å². The van der Waals surface area contributed by atoms with Gasteiger partial charge in [-0.05, 0) is 38.3 Å². The minimum absolute atomic E-state index is 0.135. The molecule has 1 saturated heterocycles. The maximum Gasteiger partial charge on any atom is 0.411 e. The van der Waals surface area contributed by atoms with E-state index in [1.165, 1.54) is 4.90 Å². The number of hydrogen-bond acceptors (Lipinski definition) is 5. The average molecular weight is 409 g/mol. The normalized spacial score (nSPS) is 21.6. The highest BCUT2D eigenvalue weighted by atomic mass is 16.6. The first-order valence-electron chi connectivity index (χ1n) is 10.1. The first-order chi connectivity index (χ1) is 14.3. The highest BCUT2D eigenvalue weighted by Gasteiger charge is 2.48. The van der Waals surface area contributed by atoms with Crippen LogP contribution < -0.4 is 0 Å². The van der Waals surface area contributed by atoms with E-state index in [2.05, 4.69) is 0 Å². The van der Waals surface area contributed by atoms with Crippen LogP contribution in [0.2, 0.25) is 0 Å². The third kappa shape index (κ3) is 4.87. The van der Waals surface area contributed by atoms with E-state index in [0.717, 1.165) is 17.4 Å². The van der Waals surface area contributed by atoms with Gasteiger partial charge in [0.1, 0.15) is 24.0 Å². The van der Waals surface area contributed by atoms with E-state index in [-0.39, 0.29) is 12.8 Å². The second-order valence-corrected chi connectivity index (χ2v) is 8.27. The first-order valence-corrected chi connectivity index (χ1v) is 10.1. The Morgan fingerprint density at radius 2 is 1.60 bits per heavy atom. The van der Waals surface area contributed by atoms with Crippen molar-refractivity contribution in [2.24, 2.45) is 0 Å². The van der Waals surface area contributed by atoms with Crippen LogP contribution in [-0.2, 0) is 19.1 Å². The number of rotatable bonds is 5. The third-order valence-electron chi connectivity index (χ3n) is 4.87. The minimum atomic E-state index is -0.907. The van der Waals surface area contributed by atoms with Gasteiger partial charge in [-0.15, -0.1) is 0 Å². The maximum absolute atomic E-state index is 13.3. The third-order valence-corrected chi connectivity index (χ3v) is 4.87. The Balaban J connectivity index is 2.12. The lowest BCUT2D eigenvalue weighted by Crippen LogP contribution is -2.55. The lowest BCUT2D eigenvalue weighted by Gasteiger charge is -2.45. The Morgan fingerprint density at radius 3 is 2.13 bits per heavy atom. The summed E-state index contributed by atoms with van der Waals surface area (Å²) in [7, 11) is 0. The summed E-state index contributed by atoms with van der Waals surface area (Å²) in [6, 6.07) is 17.3. The zero-order valence-corrected chi connectivity index (χ0v) is 17.5. The van der Waals surface area contributed by atoms with Gasteiger partial charge in [0.05, 0.1) is 0 Å². The molecule has 30 heavy (non-hydrogen) atoms. The van der Waals surface area contributed by atoms with Crippen LogP contribution in [0.5, 0.6) is 0 Å². The number of aldehydes is 1. The van der Waals surface area contributed by atoms with Gasteiger partial charge in [0.15, 0.2) is 6.10 Å². The predicted molar refractivity (Wildman–Crippen MR) is 112 cm³/mol. The van der Waals surface area contributed by atoms with Crippen molar-refractivity contribution < 1.29 is 23.9 Å². The van der Waals surface area contributed by atoms with Crippen molar-refractivity contribution in [2.45, 2.75) is 57.4 Å². The van der Waals surface area contributed by atoms with Crippen LogP contribution in [0.25, 0.3) is 0 Å². The van der Waals surface area contributed by atoms with E-state index in [4.69, 9.17) is 9.47 Å². The summed E-state index contributed by atoms with van der Waals surface area (Å²) in [5.41, 5.74) is 0.861. The molecule has 0 bridgehead atoms. The number of morpholine rings is 1. The van der Waals surface area contributed by atoms with Gasteiger partial charge in [-0.1, -0.05) is 60.7 Å². The van der Waals surface area contributed by atoms with Gasteiger partial charge in [0.2, 0.25) is 0 Å². The highest BCUT2D eigenvalue weighted by molar-refractivity contribution is 5.84. The molecule has 1 aliphatic rings. The van der Waals surface area contributed by atoms with E-state index >= 15 is 0 Å². The summed E-state index contributed by atoms with van der Waals surface area (Å²) in [5.74, 6) is -0.538. The number of cyclic esters (lactones) is 1. The minimum Gasteiger partial charge on any atom is -0.453 e. The molecule has 0 unspecified atom stereocenters. The monoisotopic (exact) mass is 409 g/mol. The van der Waals surface area contributed by atoms with E-state index in [1.54, 1.807) is 20.8 Å². The fraction of sp³-hybridized carbons (Fsp3) is 0.375. The van der Waals surface area contributed by atoms with Gasteiger partial charge in [-0.2, -0.15) is 0 Å². The standard InChI is InChI=1S/C24H27NO5/c1-24(2,3)30-23(28)25-19(15-10-16-26)22(27)29-21(18-13-8-5-9-14-18)20(25)17-11-6-4-7-12-17/h4-9,11-14,16,19-21H,10,15H2,1-3H3/t19-,20-,21+/m0/s1. The quantitative estimate of drug-likeness (QED) is 0.533. The number of ether oxygens (including phenoxy) is 2. The molecule has 2 aromatic rings. The molecule has 0 radical (unpaired) electrons. The molecule has 3 atom stereocenters. The second-order valence-electron chi connectivity index (χ2n) is 8.27. The van der Waals surface area contributed by atoms with Gasteiger partial charge >= 0.3 is 12.1 Å². The van der Waals surface area contributed by atoms with Crippen molar-refractivity contribution in [2.75, 3.05) is 0 Å². The molecule has 0 N–H and O–H groups in total.